The van der Waals surface area contributed by atoms with Gasteiger partial charge in [-0.2, -0.15) is 0 Å². The number of amides is 2. The average Bonchev–Trinajstić information content (AvgIpc) is 3.27. The number of hydrogen-bond acceptors (Lipinski definition) is 5. The predicted molar refractivity (Wildman–Crippen MR) is 81.5 cm³/mol. The van der Waals surface area contributed by atoms with Crippen LogP contribution >= 0.6 is 11.6 Å². The zero-order valence-electron chi connectivity index (χ0n) is 12.5. The molecule has 23 heavy (non-hydrogen) atoms. The van der Waals surface area contributed by atoms with E-state index in [9.17, 15) is 14.4 Å². The third-order valence-electron chi connectivity index (χ3n) is 3.28. The van der Waals surface area contributed by atoms with Gasteiger partial charge in [-0.15, -0.1) is 0 Å². The Balaban J connectivity index is 1.59. The van der Waals surface area contributed by atoms with Gasteiger partial charge in [-0.05, 0) is 36.6 Å². The molecule has 2 atom stereocenters. The molecule has 8 heteroatoms. The van der Waals surface area contributed by atoms with Crippen molar-refractivity contribution in [3.63, 3.8) is 0 Å². The van der Waals surface area contributed by atoms with E-state index < -0.39 is 18.4 Å². The van der Waals surface area contributed by atoms with Gasteiger partial charge in [0.2, 0.25) is 0 Å². The monoisotopic (exact) mass is 340 g/mol. The van der Waals surface area contributed by atoms with Gasteiger partial charge in [0.1, 0.15) is 5.75 Å². The summed E-state index contributed by atoms with van der Waals surface area (Å²) < 4.78 is 10.0. The molecule has 0 radical (unpaired) electrons. The van der Waals surface area contributed by atoms with Crippen molar-refractivity contribution in [3.05, 3.63) is 29.3 Å². The van der Waals surface area contributed by atoms with Gasteiger partial charge in [-0.1, -0.05) is 18.5 Å². The van der Waals surface area contributed by atoms with Crippen molar-refractivity contribution in [1.29, 1.82) is 0 Å². The predicted octanol–water partition coefficient (Wildman–Crippen LogP) is 1.07. The van der Waals surface area contributed by atoms with Gasteiger partial charge < -0.3 is 9.47 Å². The first-order valence-corrected chi connectivity index (χ1v) is 7.46. The summed E-state index contributed by atoms with van der Waals surface area (Å²) in [6.45, 7) is 1.23. The molecule has 1 saturated carbocycles. The Labute approximate surface area is 138 Å². The summed E-state index contributed by atoms with van der Waals surface area (Å²) >= 11 is 5.72. The molecule has 1 aliphatic carbocycles. The second-order valence-corrected chi connectivity index (χ2v) is 5.70. The van der Waals surface area contributed by atoms with Crippen molar-refractivity contribution in [2.75, 3.05) is 13.2 Å². The van der Waals surface area contributed by atoms with E-state index >= 15 is 0 Å². The van der Waals surface area contributed by atoms with Gasteiger partial charge in [0, 0.05) is 5.02 Å². The Morgan fingerprint density at radius 2 is 1.70 bits per heavy atom. The summed E-state index contributed by atoms with van der Waals surface area (Å²) in [5.74, 6) is -0.865. The van der Waals surface area contributed by atoms with Crippen molar-refractivity contribution >= 4 is 29.4 Å². The van der Waals surface area contributed by atoms with Crippen LogP contribution in [0.1, 0.15) is 13.3 Å². The number of esters is 1. The maximum atomic E-state index is 11.5. The number of carbonyl (C=O) groups is 3. The van der Waals surface area contributed by atoms with Crippen LogP contribution in [0, 0.1) is 11.8 Å². The van der Waals surface area contributed by atoms with Crippen LogP contribution in [0.3, 0.4) is 0 Å². The quantitative estimate of drug-likeness (QED) is 0.596. The molecule has 2 unspecified atom stereocenters. The van der Waals surface area contributed by atoms with E-state index in [-0.39, 0.29) is 18.5 Å². The van der Waals surface area contributed by atoms with Crippen molar-refractivity contribution in [2.45, 2.75) is 13.3 Å². The fourth-order valence-electron chi connectivity index (χ4n) is 1.79. The normalized spacial score (nSPS) is 18.7. The van der Waals surface area contributed by atoms with Gasteiger partial charge in [0.15, 0.2) is 13.2 Å². The largest absolute Gasteiger partial charge is 0.484 e. The molecular weight excluding hydrogens is 324 g/mol. The first-order valence-electron chi connectivity index (χ1n) is 7.08. The number of benzene rings is 1. The molecule has 0 aliphatic heterocycles. The second-order valence-electron chi connectivity index (χ2n) is 5.27. The third-order valence-corrected chi connectivity index (χ3v) is 3.53. The van der Waals surface area contributed by atoms with Crippen LogP contribution in [-0.4, -0.2) is 31.0 Å². The molecule has 1 aliphatic rings. The number of rotatable bonds is 6. The Morgan fingerprint density at radius 3 is 2.26 bits per heavy atom. The molecule has 0 heterocycles. The van der Waals surface area contributed by atoms with Gasteiger partial charge in [0.05, 0.1) is 5.92 Å². The Morgan fingerprint density at radius 1 is 1.13 bits per heavy atom. The lowest BCUT2D eigenvalue weighted by Crippen LogP contribution is -2.45. The minimum absolute atomic E-state index is 0.106. The van der Waals surface area contributed by atoms with Crippen molar-refractivity contribution in [2.24, 2.45) is 11.8 Å². The second kappa shape index (κ2) is 7.82. The molecule has 1 aromatic rings. The summed E-state index contributed by atoms with van der Waals surface area (Å²) in [7, 11) is 0. The summed E-state index contributed by atoms with van der Waals surface area (Å²) in [4.78, 5) is 34.4. The topological polar surface area (TPSA) is 93.7 Å². The van der Waals surface area contributed by atoms with Gasteiger partial charge in [0.25, 0.3) is 11.8 Å². The highest BCUT2D eigenvalue weighted by atomic mass is 35.5. The highest BCUT2D eigenvalue weighted by Gasteiger charge is 2.40. The minimum Gasteiger partial charge on any atom is -0.484 e. The van der Waals surface area contributed by atoms with Gasteiger partial charge in [-0.25, -0.2) is 0 Å². The van der Waals surface area contributed by atoms with Crippen LogP contribution in [0.2, 0.25) is 5.02 Å². The summed E-state index contributed by atoms with van der Waals surface area (Å²) in [5.41, 5.74) is 4.30. The number of halogens is 1. The molecule has 2 N–H and O–H groups in total. The highest BCUT2D eigenvalue weighted by Crippen LogP contribution is 2.38. The highest BCUT2D eigenvalue weighted by molar-refractivity contribution is 6.30. The molecule has 0 spiro atoms. The van der Waals surface area contributed by atoms with Gasteiger partial charge in [-0.3, -0.25) is 25.2 Å². The molecule has 124 valence electrons. The zero-order valence-corrected chi connectivity index (χ0v) is 13.3. The van der Waals surface area contributed by atoms with E-state index in [1.807, 2.05) is 6.92 Å². The van der Waals surface area contributed by atoms with Gasteiger partial charge >= 0.3 is 5.97 Å². The molecule has 0 bridgehead atoms. The number of hydrazine groups is 1. The molecule has 1 aromatic carbocycles. The van der Waals surface area contributed by atoms with Crippen LogP contribution in [0.25, 0.3) is 0 Å². The van der Waals surface area contributed by atoms with E-state index in [2.05, 4.69) is 10.9 Å². The van der Waals surface area contributed by atoms with Crippen LogP contribution in [0.4, 0.5) is 0 Å². The average molecular weight is 341 g/mol. The Hall–Kier alpha value is -2.28. The number of carbonyl (C=O) groups excluding carboxylic acids is 3. The molecule has 2 amide bonds. The van der Waals surface area contributed by atoms with Crippen LogP contribution in [0.5, 0.6) is 5.75 Å². The van der Waals surface area contributed by atoms with Crippen molar-refractivity contribution in [3.8, 4) is 5.75 Å². The molecular formula is C15H17ClN2O5. The van der Waals surface area contributed by atoms with E-state index in [1.165, 1.54) is 0 Å². The smallest absolute Gasteiger partial charge is 0.309 e. The Kier molecular flexibility index (Phi) is 5.81. The zero-order chi connectivity index (χ0) is 16.8. The summed E-state index contributed by atoms with van der Waals surface area (Å²) in [6.07, 6.45) is 0.791. The van der Waals surface area contributed by atoms with E-state index in [4.69, 9.17) is 21.1 Å². The standard InChI is InChI=1S/C15H17ClN2O5/c1-9-6-12(9)15(21)23-8-14(20)18-17-13(19)7-22-11-4-2-10(16)3-5-11/h2-5,9,12H,6-8H2,1H3,(H,17,19)(H,18,20). The number of ether oxygens (including phenoxy) is 2. The lowest BCUT2D eigenvalue weighted by molar-refractivity contribution is -0.150. The van der Waals surface area contributed by atoms with Crippen LogP contribution < -0.4 is 15.6 Å². The molecule has 0 aromatic heterocycles. The summed E-state index contributed by atoms with van der Waals surface area (Å²) in [5, 5.41) is 0.559. The number of hydrogen-bond donors (Lipinski definition) is 2. The first kappa shape index (κ1) is 17.1. The molecule has 0 saturated heterocycles. The fourth-order valence-corrected chi connectivity index (χ4v) is 1.91. The molecule has 7 nitrogen and oxygen atoms in total. The SMILES string of the molecule is CC1CC1C(=O)OCC(=O)NNC(=O)COc1ccc(Cl)cc1. The minimum atomic E-state index is -0.619. The van der Waals surface area contributed by atoms with Crippen molar-refractivity contribution in [1.82, 2.24) is 10.9 Å². The van der Waals surface area contributed by atoms with Crippen molar-refractivity contribution < 1.29 is 23.9 Å². The van der Waals surface area contributed by atoms with Crippen LogP contribution in [0.15, 0.2) is 24.3 Å². The maximum absolute atomic E-state index is 11.5. The number of nitrogens with one attached hydrogen (secondary N) is 2. The first-order chi connectivity index (χ1) is 11.0. The maximum Gasteiger partial charge on any atom is 0.309 e. The van der Waals surface area contributed by atoms with Crippen LogP contribution in [-0.2, 0) is 19.1 Å². The van der Waals surface area contributed by atoms with E-state index in [1.54, 1.807) is 24.3 Å². The fraction of sp³-hybridized carbons (Fsp3) is 0.400. The van der Waals surface area contributed by atoms with E-state index in [0.717, 1.165) is 6.42 Å². The van der Waals surface area contributed by atoms with E-state index in [0.29, 0.717) is 16.7 Å². The molecule has 2 rings (SSSR count). The summed E-state index contributed by atoms with van der Waals surface area (Å²) in [6, 6.07) is 6.50. The molecule has 1 fully saturated rings. The lowest BCUT2D eigenvalue weighted by atomic mass is 10.3. The third kappa shape index (κ3) is 5.78. The Bertz CT molecular complexity index is 590. The lowest BCUT2D eigenvalue weighted by Gasteiger charge is -2.09.